The molecule has 0 atom stereocenters. The summed E-state index contributed by atoms with van der Waals surface area (Å²) in [6.45, 7) is 5.37. The second-order valence-corrected chi connectivity index (χ2v) is 9.88. The topological polar surface area (TPSA) is 78.9 Å². The Balaban J connectivity index is 1.84. The molecule has 2 saturated carbocycles. The van der Waals surface area contributed by atoms with Gasteiger partial charge in [0.2, 0.25) is 5.92 Å². The number of carbonyl (C=O) groups excluding carboxylic acids is 1. The number of carboxylic acids is 1. The SMILES string of the molecule is CC(C)(C)OC(=O)N(c1ccc(NC2(C(=O)O)CCC(F)(F)CC2)cc1Cl)C1CCC1. The molecule has 3 rings (SSSR count). The van der Waals surface area contributed by atoms with Crippen LogP contribution in [0.15, 0.2) is 18.2 Å². The van der Waals surface area contributed by atoms with Gasteiger partial charge in [0.05, 0.1) is 10.7 Å². The molecular formula is C22H29ClF2N2O4. The summed E-state index contributed by atoms with van der Waals surface area (Å²) in [6, 6.07) is 4.77. The van der Waals surface area contributed by atoms with Gasteiger partial charge in [-0.2, -0.15) is 0 Å². The van der Waals surface area contributed by atoms with E-state index in [-0.39, 0.29) is 23.9 Å². The van der Waals surface area contributed by atoms with Gasteiger partial charge in [0.1, 0.15) is 11.1 Å². The summed E-state index contributed by atoms with van der Waals surface area (Å²) in [5, 5.41) is 12.9. The quantitative estimate of drug-likeness (QED) is 0.559. The van der Waals surface area contributed by atoms with Gasteiger partial charge in [-0.05, 0) is 71.1 Å². The van der Waals surface area contributed by atoms with Crippen molar-refractivity contribution in [2.75, 3.05) is 10.2 Å². The Morgan fingerprint density at radius 2 is 1.81 bits per heavy atom. The first-order valence-electron chi connectivity index (χ1n) is 10.5. The number of hydrogen-bond acceptors (Lipinski definition) is 4. The molecule has 0 aromatic heterocycles. The van der Waals surface area contributed by atoms with E-state index in [1.807, 2.05) is 0 Å². The maximum atomic E-state index is 13.6. The lowest BCUT2D eigenvalue weighted by molar-refractivity contribution is -0.146. The predicted octanol–water partition coefficient (Wildman–Crippen LogP) is 6.08. The van der Waals surface area contributed by atoms with Gasteiger partial charge in [-0.15, -0.1) is 0 Å². The van der Waals surface area contributed by atoms with Gasteiger partial charge in [0.15, 0.2) is 0 Å². The van der Waals surface area contributed by atoms with Crippen LogP contribution >= 0.6 is 11.6 Å². The average Bonchev–Trinajstić information content (AvgIpc) is 2.59. The van der Waals surface area contributed by atoms with Crippen molar-refractivity contribution >= 4 is 35.0 Å². The van der Waals surface area contributed by atoms with Crippen molar-refractivity contribution in [3.8, 4) is 0 Å². The molecule has 0 radical (unpaired) electrons. The van der Waals surface area contributed by atoms with Crippen LogP contribution in [0.25, 0.3) is 0 Å². The zero-order chi connectivity index (χ0) is 23.0. The van der Waals surface area contributed by atoms with Crippen molar-refractivity contribution in [2.24, 2.45) is 0 Å². The van der Waals surface area contributed by atoms with Crippen LogP contribution in [-0.2, 0) is 9.53 Å². The third kappa shape index (κ3) is 5.40. The lowest BCUT2D eigenvalue weighted by atomic mass is 9.79. The number of halogens is 3. The van der Waals surface area contributed by atoms with E-state index in [0.717, 1.165) is 19.3 Å². The molecule has 172 valence electrons. The average molecular weight is 459 g/mol. The van der Waals surface area contributed by atoms with Gasteiger partial charge in [-0.25, -0.2) is 18.4 Å². The molecule has 0 aliphatic heterocycles. The lowest BCUT2D eigenvalue weighted by Gasteiger charge is -2.39. The molecule has 1 amide bonds. The summed E-state index contributed by atoms with van der Waals surface area (Å²) in [6.07, 6.45) is 0.821. The van der Waals surface area contributed by atoms with Crippen molar-refractivity contribution in [2.45, 2.75) is 88.8 Å². The molecule has 9 heteroatoms. The molecule has 0 unspecified atom stereocenters. The molecule has 0 heterocycles. The molecule has 0 bridgehead atoms. The van der Waals surface area contributed by atoms with Gasteiger partial charge in [0, 0.05) is 24.6 Å². The highest BCUT2D eigenvalue weighted by atomic mass is 35.5. The summed E-state index contributed by atoms with van der Waals surface area (Å²) in [5.74, 6) is -4.02. The summed E-state index contributed by atoms with van der Waals surface area (Å²) >= 11 is 6.50. The smallest absolute Gasteiger partial charge is 0.415 e. The summed E-state index contributed by atoms with van der Waals surface area (Å²) in [4.78, 5) is 26.3. The van der Waals surface area contributed by atoms with Gasteiger partial charge in [-0.1, -0.05) is 11.6 Å². The first kappa shape index (κ1) is 23.6. The minimum Gasteiger partial charge on any atom is -0.480 e. The molecule has 2 aliphatic rings. The predicted molar refractivity (Wildman–Crippen MR) is 115 cm³/mol. The number of alkyl halides is 2. The monoisotopic (exact) mass is 458 g/mol. The number of hydrogen-bond donors (Lipinski definition) is 2. The second-order valence-electron chi connectivity index (χ2n) is 9.47. The van der Waals surface area contributed by atoms with Crippen molar-refractivity contribution < 1.29 is 28.2 Å². The lowest BCUT2D eigenvalue weighted by Crippen LogP contribution is -2.51. The van der Waals surface area contributed by atoms with Crippen molar-refractivity contribution in [1.29, 1.82) is 0 Å². The van der Waals surface area contributed by atoms with Crippen LogP contribution in [0, 0.1) is 0 Å². The molecule has 1 aromatic carbocycles. The van der Waals surface area contributed by atoms with Gasteiger partial charge in [0.25, 0.3) is 0 Å². The number of anilines is 2. The number of nitrogens with zero attached hydrogens (tertiary/aromatic N) is 1. The van der Waals surface area contributed by atoms with Crippen LogP contribution in [0.5, 0.6) is 0 Å². The minimum absolute atomic E-state index is 0.0166. The van der Waals surface area contributed by atoms with Crippen LogP contribution in [0.1, 0.15) is 65.7 Å². The molecule has 31 heavy (non-hydrogen) atoms. The third-order valence-corrected chi connectivity index (χ3v) is 6.17. The normalized spacial score (nSPS) is 20.5. The zero-order valence-corrected chi connectivity index (χ0v) is 18.8. The Morgan fingerprint density at radius 3 is 2.26 bits per heavy atom. The van der Waals surface area contributed by atoms with Crippen molar-refractivity contribution in [3.05, 3.63) is 23.2 Å². The van der Waals surface area contributed by atoms with E-state index in [9.17, 15) is 23.5 Å². The Kier molecular flexibility index (Phi) is 6.42. The molecule has 6 nitrogen and oxygen atoms in total. The van der Waals surface area contributed by atoms with E-state index >= 15 is 0 Å². The number of aliphatic carboxylic acids is 1. The van der Waals surface area contributed by atoms with Crippen molar-refractivity contribution in [3.63, 3.8) is 0 Å². The van der Waals surface area contributed by atoms with Gasteiger partial charge >= 0.3 is 12.1 Å². The van der Waals surface area contributed by atoms with Crippen LogP contribution in [0.4, 0.5) is 25.0 Å². The molecule has 0 spiro atoms. The molecule has 2 aliphatic carbocycles. The number of rotatable bonds is 5. The van der Waals surface area contributed by atoms with Crippen LogP contribution < -0.4 is 10.2 Å². The Labute approximate surface area is 185 Å². The van der Waals surface area contributed by atoms with E-state index < -0.39 is 42.0 Å². The minimum atomic E-state index is -2.85. The van der Waals surface area contributed by atoms with E-state index in [0.29, 0.717) is 11.4 Å². The molecule has 2 N–H and O–H groups in total. The van der Waals surface area contributed by atoms with Crippen LogP contribution in [0.3, 0.4) is 0 Å². The summed E-state index contributed by atoms with van der Waals surface area (Å²) in [5.41, 5.74) is -1.26. The van der Waals surface area contributed by atoms with Gasteiger partial charge < -0.3 is 15.2 Å². The van der Waals surface area contributed by atoms with E-state index in [1.54, 1.807) is 37.8 Å². The highest BCUT2D eigenvalue weighted by Gasteiger charge is 2.48. The van der Waals surface area contributed by atoms with E-state index in [1.165, 1.54) is 6.07 Å². The number of carbonyl (C=O) groups is 2. The third-order valence-electron chi connectivity index (χ3n) is 5.87. The maximum Gasteiger partial charge on any atom is 0.415 e. The molecule has 1 aromatic rings. The number of amides is 1. The van der Waals surface area contributed by atoms with E-state index in [4.69, 9.17) is 16.3 Å². The zero-order valence-electron chi connectivity index (χ0n) is 18.0. The van der Waals surface area contributed by atoms with Crippen LogP contribution in [0.2, 0.25) is 5.02 Å². The Morgan fingerprint density at radius 1 is 1.19 bits per heavy atom. The van der Waals surface area contributed by atoms with Crippen LogP contribution in [-0.4, -0.2) is 40.3 Å². The molecular weight excluding hydrogens is 430 g/mol. The van der Waals surface area contributed by atoms with Crippen molar-refractivity contribution in [1.82, 2.24) is 0 Å². The second kappa shape index (κ2) is 8.45. The summed E-state index contributed by atoms with van der Waals surface area (Å²) in [7, 11) is 0. The number of benzene rings is 1. The highest BCUT2D eigenvalue weighted by Crippen LogP contribution is 2.42. The fraction of sp³-hybridized carbons (Fsp3) is 0.636. The van der Waals surface area contributed by atoms with E-state index in [2.05, 4.69) is 5.32 Å². The first-order chi connectivity index (χ1) is 14.3. The van der Waals surface area contributed by atoms with Gasteiger partial charge in [-0.3, -0.25) is 4.90 Å². The largest absolute Gasteiger partial charge is 0.480 e. The molecule has 0 saturated heterocycles. The Bertz CT molecular complexity index is 842. The maximum absolute atomic E-state index is 13.6. The highest BCUT2D eigenvalue weighted by molar-refractivity contribution is 6.34. The fourth-order valence-electron chi connectivity index (χ4n) is 3.89. The Hall–Kier alpha value is -2.09. The molecule has 2 fully saturated rings. The number of ether oxygens (including phenoxy) is 1. The fourth-order valence-corrected chi connectivity index (χ4v) is 4.16. The standard InChI is InChI=1S/C22H29ClF2N2O4/c1-20(2,3)31-19(30)27(15-5-4-6-15)17-8-7-14(13-16(17)23)26-21(18(28)29)9-11-22(24,25)12-10-21/h7-8,13,15,26H,4-6,9-12H2,1-3H3,(H,28,29). The first-order valence-corrected chi connectivity index (χ1v) is 10.9. The number of carboxylic acid groups (broad SMARTS) is 1. The summed E-state index contributed by atoms with van der Waals surface area (Å²) < 4.78 is 32.7. The number of nitrogens with one attached hydrogen (secondary N) is 1.